The second-order valence-electron chi connectivity index (χ2n) is 10.2. The maximum atomic E-state index is 13.0. The van der Waals surface area contributed by atoms with Gasteiger partial charge in [0.25, 0.3) is 0 Å². The van der Waals surface area contributed by atoms with E-state index in [4.69, 9.17) is 0 Å². The lowest BCUT2D eigenvalue weighted by Gasteiger charge is -2.31. The molecule has 4 aliphatic rings. The summed E-state index contributed by atoms with van der Waals surface area (Å²) in [7, 11) is 0. The predicted octanol–water partition coefficient (Wildman–Crippen LogP) is 4.89. The molecule has 0 heterocycles. The highest BCUT2D eigenvalue weighted by atomic mass is 16.1. The standard InChI is InChI=1S/C22H30O2/c1-19(2)15-9-11-21(19,5)17(23)13(15)7-8-14-16-10-12-22(6,18(14)24)20(16,3)4/h7-8,15-16H,9-12H2,1-6H3/b13-7+,14-8+/t15-,16+,21-,22+. The van der Waals surface area contributed by atoms with Crippen molar-refractivity contribution < 1.29 is 9.59 Å². The summed E-state index contributed by atoms with van der Waals surface area (Å²) < 4.78 is 0. The normalized spacial score (nSPS) is 48.2. The zero-order valence-corrected chi connectivity index (χ0v) is 16.0. The molecule has 4 fully saturated rings. The Morgan fingerprint density at radius 3 is 1.29 bits per heavy atom. The van der Waals surface area contributed by atoms with Crippen molar-refractivity contribution in [3.05, 3.63) is 23.3 Å². The molecule has 0 aliphatic heterocycles. The lowest BCUT2D eigenvalue weighted by molar-refractivity contribution is -0.126. The monoisotopic (exact) mass is 326 g/mol. The van der Waals surface area contributed by atoms with Crippen LogP contribution in [0, 0.1) is 33.5 Å². The molecule has 4 saturated carbocycles. The fourth-order valence-electron chi connectivity index (χ4n) is 6.42. The smallest absolute Gasteiger partial charge is 0.165 e. The fraction of sp³-hybridized carbons (Fsp3) is 0.727. The van der Waals surface area contributed by atoms with E-state index < -0.39 is 0 Å². The molecule has 0 N–H and O–H groups in total. The third kappa shape index (κ3) is 1.50. The van der Waals surface area contributed by atoms with Crippen molar-refractivity contribution >= 4 is 11.6 Å². The van der Waals surface area contributed by atoms with Crippen molar-refractivity contribution in [2.45, 2.75) is 67.2 Å². The summed E-state index contributed by atoms with van der Waals surface area (Å²) >= 11 is 0. The number of allylic oxidation sites excluding steroid dienone is 4. The van der Waals surface area contributed by atoms with Crippen LogP contribution in [0.15, 0.2) is 23.3 Å². The van der Waals surface area contributed by atoms with Crippen molar-refractivity contribution in [3.63, 3.8) is 0 Å². The lowest BCUT2D eigenvalue weighted by atomic mass is 9.70. The SMILES string of the molecule is CC1(C)[C@H]2CC[C@@]1(C)C(=O)/C2=C/C=C1/C(=O)[C@@]2(C)CC[C@H]1C2(C)C. The van der Waals surface area contributed by atoms with Gasteiger partial charge in [-0.1, -0.05) is 53.7 Å². The van der Waals surface area contributed by atoms with Crippen LogP contribution in [0.4, 0.5) is 0 Å². The van der Waals surface area contributed by atoms with Crippen LogP contribution >= 0.6 is 0 Å². The highest BCUT2D eigenvalue weighted by Gasteiger charge is 2.65. The zero-order valence-electron chi connectivity index (χ0n) is 16.0. The highest BCUT2D eigenvalue weighted by molar-refractivity contribution is 6.07. The number of Topliss-reactive ketones (excluding diaryl/α,β-unsaturated/α-hetero) is 2. The minimum absolute atomic E-state index is 0.0400. The molecule has 24 heavy (non-hydrogen) atoms. The van der Waals surface area contributed by atoms with Gasteiger partial charge < -0.3 is 0 Å². The first-order valence-electron chi connectivity index (χ1n) is 9.50. The summed E-state index contributed by atoms with van der Waals surface area (Å²) in [6.07, 6.45) is 8.25. The Labute approximate surface area is 145 Å². The molecule has 4 atom stereocenters. The number of hydrogen-bond acceptors (Lipinski definition) is 2. The van der Waals surface area contributed by atoms with Gasteiger partial charge in [-0.2, -0.15) is 0 Å². The van der Waals surface area contributed by atoms with Gasteiger partial charge in [-0.05, 0) is 59.5 Å². The molecule has 4 bridgehead atoms. The van der Waals surface area contributed by atoms with E-state index in [0.717, 1.165) is 36.8 Å². The maximum Gasteiger partial charge on any atom is 0.165 e. The van der Waals surface area contributed by atoms with Crippen molar-refractivity contribution in [3.8, 4) is 0 Å². The van der Waals surface area contributed by atoms with Gasteiger partial charge in [0.2, 0.25) is 0 Å². The van der Waals surface area contributed by atoms with Crippen LogP contribution in [0.1, 0.15) is 67.2 Å². The molecule has 130 valence electrons. The third-order valence-electron chi connectivity index (χ3n) is 9.17. The van der Waals surface area contributed by atoms with E-state index >= 15 is 0 Å². The number of carbonyl (C=O) groups is 2. The van der Waals surface area contributed by atoms with Crippen LogP contribution in [-0.4, -0.2) is 11.6 Å². The summed E-state index contributed by atoms with van der Waals surface area (Å²) in [6.45, 7) is 13.2. The Kier molecular flexibility index (Phi) is 2.93. The number of hydrogen-bond donors (Lipinski definition) is 0. The quantitative estimate of drug-likeness (QED) is 0.643. The van der Waals surface area contributed by atoms with Crippen molar-refractivity contribution in [2.24, 2.45) is 33.5 Å². The summed E-state index contributed by atoms with van der Waals surface area (Å²) in [5.41, 5.74) is 1.59. The number of fused-ring (bicyclic) bond motifs is 4. The zero-order chi connectivity index (χ0) is 17.7. The predicted molar refractivity (Wildman–Crippen MR) is 95.4 cm³/mol. The molecule has 2 nitrogen and oxygen atoms in total. The van der Waals surface area contributed by atoms with Gasteiger partial charge in [0.15, 0.2) is 11.6 Å². The van der Waals surface area contributed by atoms with Crippen LogP contribution in [-0.2, 0) is 9.59 Å². The molecular formula is C22H30O2. The molecular weight excluding hydrogens is 296 g/mol. The molecule has 0 spiro atoms. The van der Waals surface area contributed by atoms with Crippen LogP contribution in [0.5, 0.6) is 0 Å². The second kappa shape index (κ2) is 4.31. The van der Waals surface area contributed by atoms with Gasteiger partial charge >= 0.3 is 0 Å². The Balaban J connectivity index is 1.74. The van der Waals surface area contributed by atoms with Crippen molar-refractivity contribution in [1.29, 1.82) is 0 Å². The van der Waals surface area contributed by atoms with Crippen molar-refractivity contribution in [2.75, 3.05) is 0 Å². The van der Waals surface area contributed by atoms with E-state index in [1.165, 1.54) is 0 Å². The first kappa shape index (κ1) is 16.3. The van der Waals surface area contributed by atoms with Gasteiger partial charge in [-0.25, -0.2) is 0 Å². The number of ketones is 2. The molecule has 0 amide bonds. The maximum absolute atomic E-state index is 13.0. The minimum Gasteiger partial charge on any atom is -0.294 e. The van der Waals surface area contributed by atoms with Crippen LogP contribution in [0.2, 0.25) is 0 Å². The van der Waals surface area contributed by atoms with Crippen molar-refractivity contribution in [1.82, 2.24) is 0 Å². The van der Waals surface area contributed by atoms with Crippen LogP contribution in [0.3, 0.4) is 0 Å². The van der Waals surface area contributed by atoms with E-state index in [0.29, 0.717) is 23.4 Å². The summed E-state index contributed by atoms with van der Waals surface area (Å²) in [4.78, 5) is 25.9. The van der Waals surface area contributed by atoms with Gasteiger partial charge in [0, 0.05) is 10.8 Å². The van der Waals surface area contributed by atoms with E-state index in [-0.39, 0.29) is 21.7 Å². The van der Waals surface area contributed by atoms with E-state index in [2.05, 4.69) is 41.5 Å². The number of carbonyl (C=O) groups excluding carboxylic acids is 2. The van der Waals surface area contributed by atoms with Gasteiger partial charge in [0.1, 0.15) is 0 Å². The van der Waals surface area contributed by atoms with Crippen LogP contribution in [0.25, 0.3) is 0 Å². The lowest BCUT2D eigenvalue weighted by Crippen LogP contribution is -2.32. The average molecular weight is 326 g/mol. The molecule has 0 saturated heterocycles. The molecule has 4 aliphatic carbocycles. The van der Waals surface area contributed by atoms with Gasteiger partial charge in [-0.3, -0.25) is 9.59 Å². The number of rotatable bonds is 1. The Morgan fingerprint density at radius 1 is 0.708 bits per heavy atom. The molecule has 0 aromatic rings. The Hall–Kier alpha value is -1.18. The summed E-state index contributed by atoms with van der Waals surface area (Å²) in [5.74, 6) is 1.34. The Morgan fingerprint density at radius 2 is 1.04 bits per heavy atom. The molecule has 0 radical (unpaired) electrons. The van der Waals surface area contributed by atoms with Crippen LogP contribution < -0.4 is 0 Å². The van der Waals surface area contributed by atoms with E-state index in [1.54, 1.807) is 0 Å². The van der Waals surface area contributed by atoms with E-state index in [1.807, 2.05) is 12.2 Å². The minimum atomic E-state index is -0.216. The summed E-state index contributed by atoms with van der Waals surface area (Å²) in [5, 5.41) is 0. The molecule has 4 rings (SSSR count). The van der Waals surface area contributed by atoms with Gasteiger partial charge in [-0.15, -0.1) is 0 Å². The average Bonchev–Trinajstić information content (AvgIpc) is 2.97. The summed E-state index contributed by atoms with van der Waals surface area (Å²) in [6, 6.07) is 0. The fourth-order valence-corrected chi connectivity index (χ4v) is 6.42. The molecule has 0 aromatic heterocycles. The Bertz CT molecular complexity index is 658. The van der Waals surface area contributed by atoms with E-state index in [9.17, 15) is 9.59 Å². The third-order valence-corrected chi connectivity index (χ3v) is 9.17. The first-order valence-corrected chi connectivity index (χ1v) is 9.50. The molecule has 0 aromatic carbocycles. The topological polar surface area (TPSA) is 34.1 Å². The molecule has 2 heteroatoms. The molecule has 0 unspecified atom stereocenters. The first-order chi connectivity index (χ1) is 11.0. The second-order valence-corrected chi connectivity index (χ2v) is 10.2. The van der Waals surface area contributed by atoms with Gasteiger partial charge in [0.05, 0.1) is 0 Å². The highest BCUT2D eigenvalue weighted by Crippen LogP contribution is 2.67. The largest absolute Gasteiger partial charge is 0.294 e.